The highest BCUT2D eigenvalue weighted by atomic mass is 16.5. The Bertz CT molecular complexity index is 198. The molecule has 5 nitrogen and oxygen atoms in total. The molecule has 0 bridgehead atoms. The molecular weight excluding hydrogens is 258 g/mol. The quantitative estimate of drug-likeness (QED) is 0.522. The van der Waals surface area contributed by atoms with E-state index in [1.807, 2.05) is 0 Å². The van der Waals surface area contributed by atoms with Gasteiger partial charge in [0.25, 0.3) is 0 Å². The van der Waals surface area contributed by atoms with E-state index in [1.165, 1.54) is 12.8 Å². The summed E-state index contributed by atoms with van der Waals surface area (Å²) in [5, 5.41) is 3.44. The van der Waals surface area contributed by atoms with Crippen LogP contribution in [-0.2, 0) is 18.9 Å². The Kier molecular flexibility index (Phi) is 12.3. The van der Waals surface area contributed by atoms with Crippen LogP contribution in [0.1, 0.15) is 32.6 Å². The molecule has 0 amide bonds. The van der Waals surface area contributed by atoms with E-state index in [0.29, 0.717) is 32.5 Å². The number of rotatable bonds is 13. The molecule has 0 spiro atoms. The molecule has 1 atom stereocenters. The Morgan fingerprint density at radius 2 is 1.70 bits per heavy atom. The molecule has 1 unspecified atom stereocenters. The zero-order chi connectivity index (χ0) is 14.3. The van der Waals surface area contributed by atoms with Gasteiger partial charge in [0.1, 0.15) is 0 Å². The number of unbranched alkanes of at least 4 members (excludes halogenated alkanes) is 1. The van der Waals surface area contributed by atoms with E-state index in [1.54, 1.807) is 0 Å². The molecule has 120 valence electrons. The Labute approximate surface area is 123 Å². The predicted octanol–water partition coefficient (Wildman–Crippen LogP) is 1.60. The fourth-order valence-corrected chi connectivity index (χ4v) is 2.03. The molecule has 0 radical (unpaired) electrons. The van der Waals surface area contributed by atoms with E-state index in [2.05, 4.69) is 12.2 Å². The van der Waals surface area contributed by atoms with Crippen LogP contribution in [0.5, 0.6) is 0 Å². The second kappa shape index (κ2) is 13.8. The van der Waals surface area contributed by atoms with Crippen LogP contribution in [0, 0.1) is 0 Å². The van der Waals surface area contributed by atoms with Crippen molar-refractivity contribution < 1.29 is 18.9 Å². The maximum absolute atomic E-state index is 5.50. The van der Waals surface area contributed by atoms with Crippen molar-refractivity contribution in [3.63, 3.8) is 0 Å². The van der Waals surface area contributed by atoms with Crippen molar-refractivity contribution in [1.29, 1.82) is 0 Å². The zero-order valence-electron chi connectivity index (χ0n) is 12.9. The topological polar surface area (TPSA) is 49.0 Å². The van der Waals surface area contributed by atoms with Crippen molar-refractivity contribution in [1.82, 2.24) is 5.32 Å². The minimum absolute atomic E-state index is 0.504. The fourth-order valence-electron chi connectivity index (χ4n) is 2.03. The van der Waals surface area contributed by atoms with Crippen LogP contribution >= 0.6 is 0 Å². The average Bonchev–Trinajstić information content (AvgIpc) is 2.49. The molecule has 1 rings (SSSR count). The Morgan fingerprint density at radius 1 is 1.00 bits per heavy atom. The van der Waals surface area contributed by atoms with Gasteiger partial charge in [0.2, 0.25) is 0 Å². The maximum Gasteiger partial charge on any atom is 0.0701 e. The third kappa shape index (κ3) is 10.6. The lowest BCUT2D eigenvalue weighted by molar-refractivity contribution is 0.0130. The van der Waals surface area contributed by atoms with Crippen LogP contribution < -0.4 is 5.32 Å². The van der Waals surface area contributed by atoms with Gasteiger partial charge in [-0.05, 0) is 19.3 Å². The Hall–Kier alpha value is -0.200. The molecule has 0 aliphatic carbocycles. The van der Waals surface area contributed by atoms with Gasteiger partial charge in [-0.25, -0.2) is 0 Å². The van der Waals surface area contributed by atoms with Gasteiger partial charge < -0.3 is 24.3 Å². The van der Waals surface area contributed by atoms with Crippen molar-refractivity contribution in [2.45, 2.75) is 38.6 Å². The Balaban J connectivity index is 1.70. The van der Waals surface area contributed by atoms with E-state index >= 15 is 0 Å². The van der Waals surface area contributed by atoms with Gasteiger partial charge in [-0.15, -0.1) is 0 Å². The smallest absolute Gasteiger partial charge is 0.0701 e. The maximum atomic E-state index is 5.50. The number of ether oxygens (including phenoxy) is 4. The first-order valence-corrected chi connectivity index (χ1v) is 7.98. The number of nitrogens with one attached hydrogen (secondary N) is 1. The van der Waals surface area contributed by atoms with Gasteiger partial charge in [0, 0.05) is 25.8 Å². The molecule has 0 saturated carbocycles. The van der Waals surface area contributed by atoms with Crippen molar-refractivity contribution in [2.75, 3.05) is 59.4 Å². The fraction of sp³-hybridized carbons (Fsp3) is 1.00. The summed E-state index contributed by atoms with van der Waals surface area (Å²) in [6, 6.07) is 0.504. The van der Waals surface area contributed by atoms with Gasteiger partial charge in [-0.3, -0.25) is 0 Å². The highest BCUT2D eigenvalue weighted by Gasteiger charge is 2.11. The van der Waals surface area contributed by atoms with Crippen molar-refractivity contribution in [3.8, 4) is 0 Å². The van der Waals surface area contributed by atoms with Crippen molar-refractivity contribution in [2.24, 2.45) is 0 Å². The third-order valence-corrected chi connectivity index (χ3v) is 3.23. The molecule has 0 aromatic heterocycles. The van der Waals surface area contributed by atoms with Crippen LogP contribution in [-0.4, -0.2) is 65.4 Å². The lowest BCUT2D eigenvalue weighted by atomic mass is 10.1. The number of hydrogen-bond acceptors (Lipinski definition) is 5. The summed E-state index contributed by atoms with van der Waals surface area (Å²) in [6.07, 6.45) is 4.67. The van der Waals surface area contributed by atoms with Gasteiger partial charge in [0.05, 0.1) is 39.6 Å². The highest BCUT2D eigenvalue weighted by Crippen LogP contribution is 2.04. The van der Waals surface area contributed by atoms with Crippen LogP contribution in [0.4, 0.5) is 0 Å². The molecule has 1 aliphatic heterocycles. The summed E-state index contributed by atoms with van der Waals surface area (Å²) >= 11 is 0. The summed E-state index contributed by atoms with van der Waals surface area (Å²) in [6.45, 7) is 8.99. The van der Waals surface area contributed by atoms with Crippen LogP contribution in [0.2, 0.25) is 0 Å². The summed E-state index contributed by atoms with van der Waals surface area (Å²) < 4.78 is 21.7. The summed E-state index contributed by atoms with van der Waals surface area (Å²) in [7, 11) is 0. The highest BCUT2D eigenvalue weighted by molar-refractivity contribution is 4.69. The second-order valence-electron chi connectivity index (χ2n) is 5.06. The molecule has 1 fully saturated rings. The SMILES string of the molecule is CCCCOCCOCCOCCNC1CCCOC1. The van der Waals surface area contributed by atoms with Crippen LogP contribution in [0.3, 0.4) is 0 Å². The van der Waals surface area contributed by atoms with Crippen LogP contribution in [0.15, 0.2) is 0 Å². The Morgan fingerprint density at radius 3 is 2.35 bits per heavy atom. The van der Waals surface area contributed by atoms with E-state index in [-0.39, 0.29) is 0 Å². The molecular formula is C15H31NO4. The summed E-state index contributed by atoms with van der Waals surface area (Å²) in [5.74, 6) is 0. The van der Waals surface area contributed by atoms with Crippen molar-refractivity contribution >= 4 is 0 Å². The summed E-state index contributed by atoms with van der Waals surface area (Å²) in [4.78, 5) is 0. The molecule has 5 heteroatoms. The van der Waals surface area contributed by atoms with Gasteiger partial charge in [-0.2, -0.15) is 0 Å². The van der Waals surface area contributed by atoms with Crippen molar-refractivity contribution in [3.05, 3.63) is 0 Å². The molecule has 1 saturated heterocycles. The van der Waals surface area contributed by atoms with Gasteiger partial charge in [-0.1, -0.05) is 13.3 Å². The van der Waals surface area contributed by atoms with Gasteiger partial charge >= 0.3 is 0 Å². The molecule has 1 N–H and O–H groups in total. The first-order chi connectivity index (χ1) is 9.93. The minimum atomic E-state index is 0.504. The second-order valence-corrected chi connectivity index (χ2v) is 5.06. The summed E-state index contributed by atoms with van der Waals surface area (Å²) in [5.41, 5.74) is 0. The minimum Gasteiger partial charge on any atom is -0.380 e. The number of hydrogen-bond donors (Lipinski definition) is 1. The lowest BCUT2D eigenvalue weighted by Crippen LogP contribution is -2.38. The molecule has 1 heterocycles. The largest absolute Gasteiger partial charge is 0.380 e. The lowest BCUT2D eigenvalue weighted by Gasteiger charge is -2.23. The normalized spacial score (nSPS) is 19.4. The molecule has 1 aliphatic rings. The third-order valence-electron chi connectivity index (χ3n) is 3.23. The van der Waals surface area contributed by atoms with E-state index in [9.17, 15) is 0 Å². The van der Waals surface area contributed by atoms with E-state index < -0.39 is 0 Å². The first kappa shape index (κ1) is 17.9. The predicted molar refractivity (Wildman–Crippen MR) is 79.2 cm³/mol. The van der Waals surface area contributed by atoms with Crippen LogP contribution in [0.25, 0.3) is 0 Å². The molecule has 0 aromatic rings. The van der Waals surface area contributed by atoms with Gasteiger partial charge in [0.15, 0.2) is 0 Å². The average molecular weight is 289 g/mol. The van der Waals surface area contributed by atoms with E-state index in [4.69, 9.17) is 18.9 Å². The first-order valence-electron chi connectivity index (χ1n) is 7.98. The zero-order valence-corrected chi connectivity index (χ0v) is 12.9. The standard InChI is InChI=1S/C15H31NO4/c1-2-3-7-17-10-12-19-13-11-18-9-6-16-15-5-4-8-20-14-15/h15-16H,2-14H2,1H3. The van der Waals surface area contributed by atoms with E-state index in [0.717, 1.165) is 45.8 Å². The molecule has 20 heavy (non-hydrogen) atoms. The monoisotopic (exact) mass is 289 g/mol. The molecule has 0 aromatic carbocycles.